The Morgan fingerprint density at radius 3 is 3.21 bits per heavy atom. The first-order valence-electron chi connectivity index (χ1n) is 6.04. The number of nitrogens with zero attached hydrogens (tertiary/aromatic N) is 2. The molecule has 0 saturated carbocycles. The molecule has 0 saturated heterocycles. The Morgan fingerprint density at radius 1 is 1.53 bits per heavy atom. The van der Waals surface area contributed by atoms with Gasteiger partial charge in [0.05, 0.1) is 13.0 Å². The Labute approximate surface area is 114 Å². The number of aliphatic imine (C=N–C) groups is 1. The largest absolute Gasteiger partial charge is 0.356 e. The van der Waals surface area contributed by atoms with Crippen molar-refractivity contribution in [3.63, 3.8) is 0 Å². The molecule has 1 aromatic heterocycles. The molecule has 0 spiro atoms. The molecule has 0 aliphatic carbocycles. The maximum absolute atomic E-state index is 11.9. The average Bonchev–Trinajstić information content (AvgIpc) is 3.00. The fourth-order valence-corrected chi connectivity index (χ4v) is 2.70. The summed E-state index contributed by atoms with van der Waals surface area (Å²) in [6.07, 6.45) is 0.204. The zero-order chi connectivity index (χ0) is 13.2. The summed E-state index contributed by atoms with van der Waals surface area (Å²) in [4.78, 5) is 16.1. The molecule has 5 nitrogen and oxygen atoms in total. The second-order valence-corrected chi connectivity index (χ2v) is 5.47. The van der Waals surface area contributed by atoms with Crippen molar-refractivity contribution in [2.75, 3.05) is 12.3 Å². The van der Waals surface area contributed by atoms with E-state index in [9.17, 15) is 4.79 Å². The first kappa shape index (κ1) is 12.2. The van der Waals surface area contributed by atoms with E-state index in [-0.39, 0.29) is 12.3 Å². The standard InChI is InChI=1S/C13H13N3O2S/c1-8-2-3-11-9(6-8)10(16-18-11)7-12(17)15-13-14-4-5-19-13/h2-3,6H,4-5,7H2,1H3,(H,14,15,17). The number of carbonyl (C=O) groups excluding carboxylic acids is 1. The van der Waals surface area contributed by atoms with Crippen LogP contribution >= 0.6 is 11.8 Å². The van der Waals surface area contributed by atoms with Gasteiger partial charge in [0.25, 0.3) is 0 Å². The lowest BCUT2D eigenvalue weighted by Gasteiger charge is -2.01. The molecule has 2 aromatic rings. The first-order chi connectivity index (χ1) is 9.22. The summed E-state index contributed by atoms with van der Waals surface area (Å²) < 4.78 is 5.21. The van der Waals surface area contributed by atoms with Crippen LogP contribution in [0.3, 0.4) is 0 Å². The molecule has 19 heavy (non-hydrogen) atoms. The number of amidine groups is 1. The van der Waals surface area contributed by atoms with E-state index in [4.69, 9.17) is 4.52 Å². The maximum Gasteiger partial charge on any atom is 0.232 e. The van der Waals surface area contributed by atoms with Crippen LogP contribution in [0, 0.1) is 6.92 Å². The van der Waals surface area contributed by atoms with Crippen LogP contribution in [0.2, 0.25) is 0 Å². The highest BCUT2D eigenvalue weighted by Crippen LogP contribution is 2.20. The number of hydrogen-bond donors (Lipinski definition) is 1. The fourth-order valence-electron chi connectivity index (χ4n) is 1.96. The monoisotopic (exact) mass is 275 g/mol. The summed E-state index contributed by atoms with van der Waals surface area (Å²) in [5, 5.41) is 8.36. The van der Waals surface area contributed by atoms with Crippen LogP contribution in [0.4, 0.5) is 0 Å². The van der Waals surface area contributed by atoms with Gasteiger partial charge in [0.15, 0.2) is 10.8 Å². The Hall–Kier alpha value is -1.82. The van der Waals surface area contributed by atoms with Gasteiger partial charge in [-0.1, -0.05) is 28.5 Å². The molecule has 0 atom stereocenters. The van der Waals surface area contributed by atoms with E-state index in [0.29, 0.717) is 16.4 Å². The fraction of sp³-hybridized carbons (Fsp3) is 0.308. The van der Waals surface area contributed by atoms with Crippen molar-refractivity contribution in [1.29, 1.82) is 0 Å². The Balaban J connectivity index is 1.77. The smallest absolute Gasteiger partial charge is 0.232 e. The first-order valence-corrected chi connectivity index (χ1v) is 7.03. The molecular weight excluding hydrogens is 262 g/mol. The van der Waals surface area contributed by atoms with Gasteiger partial charge in [-0.15, -0.1) is 0 Å². The van der Waals surface area contributed by atoms with Gasteiger partial charge in [-0.25, -0.2) is 0 Å². The molecule has 0 fully saturated rings. The van der Waals surface area contributed by atoms with Gasteiger partial charge in [0.1, 0.15) is 5.69 Å². The molecule has 1 aromatic carbocycles. The molecule has 2 heterocycles. The topological polar surface area (TPSA) is 67.5 Å². The minimum Gasteiger partial charge on any atom is -0.356 e. The summed E-state index contributed by atoms with van der Waals surface area (Å²) >= 11 is 1.56. The molecule has 0 unspecified atom stereocenters. The van der Waals surface area contributed by atoms with Crippen LogP contribution in [0.15, 0.2) is 27.7 Å². The van der Waals surface area contributed by atoms with E-state index in [1.807, 2.05) is 25.1 Å². The lowest BCUT2D eigenvalue weighted by atomic mass is 10.1. The van der Waals surface area contributed by atoms with E-state index in [1.165, 1.54) is 0 Å². The van der Waals surface area contributed by atoms with Crippen LogP contribution in [0.25, 0.3) is 11.0 Å². The number of hydrogen-bond acceptors (Lipinski definition) is 5. The number of aryl methyl sites for hydroxylation is 1. The SMILES string of the molecule is Cc1ccc2onc(CC(=O)NC3=NCCS3)c2c1. The molecule has 3 rings (SSSR count). The lowest BCUT2D eigenvalue weighted by Crippen LogP contribution is -2.28. The summed E-state index contributed by atoms with van der Waals surface area (Å²) in [5.74, 6) is 0.826. The number of rotatable bonds is 2. The van der Waals surface area contributed by atoms with Gasteiger partial charge >= 0.3 is 0 Å². The van der Waals surface area contributed by atoms with Gasteiger partial charge in [-0.3, -0.25) is 9.79 Å². The molecule has 0 radical (unpaired) electrons. The van der Waals surface area contributed by atoms with Gasteiger partial charge < -0.3 is 9.84 Å². The second kappa shape index (κ2) is 5.05. The zero-order valence-corrected chi connectivity index (χ0v) is 11.3. The minimum atomic E-state index is -0.107. The minimum absolute atomic E-state index is 0.107. The van der Waals surface area contributed by atoms with Crippen molar-refractivity contribution in [2.45, 2.75) is 13.3 Å². The van der Waals surface area contributed by atoms with Gasteiger partial charge in [-0.2, -0.15) is 0 Å². The number of fused-ring (bicyclic) bond motifs is 1. The van der Waals surface area contributed by atoms with Crippen LogP contribution in [0.1, 0.15) is 11.3 Å². The van der Waals surface area contributed by atoms with Gasteiger partial charge in [-0.05, 0) is 19.1 Å². The highest BCUT2D eigenvalue weighted by atomic mass is 32.2. The van der Waals surface area contributed by atoms with Crippen molar-refractivity contribution < 1.29 is 9.32 Å². The lowest BCUT2D eigenvalue weighted by molar-refractivity contribution is -0.119. The van der Waals surface area contributed by atoms with Crippen molar-refractivity contribution in [1.82, 2.24) is 10.5 Å². The molecular formula is C13H13N3O2S. The molecule has 1 aliphatic heterocycles. The molecule has 1 amide bonds. The highest BCUT2D eigenvalue weighted by molar-refractivity contribution is 8.14. The van der Waals surface area contributed by atoms with E-state index >= 15 is 0 Å². The Bertz CT molecular complexity index is 663. The van der Waals surface area contributed by atoms with E-state index < -0.39 is 0 Å². The third kappa shape index (κ3) is 2.63. The van der Waals surface area contributed by atoms with Crippen LogP contribution in [-0.4, -0.2) is 28.5 Å². The summed E-state index contributed by atoms with van der Waals surface area (Å²) in [6.45, 7) is 2.77. The normalized spacial score (nSPS) is 14.7. The van der Waals surface area contributed by atoms with Crippen molar-refractivity contribution in [3.8, 4) is 0 Å². The van der Waals surface area contributed by atoms with Crippen molar-refractivity contribution >= 4 is 33.8 Å². The van der Waals surface area contributed by atoms with Crippen LogP contribution < -0.4 is 5.32 Å². The average molecular weight is 275 g/mol. The predicted molar refractivity (Wildman–Crippen MR) is 75.4 cm³/mol. The Morgan fingerprint density at radius 2 is 2.42 bits per heavy atom. The molecule has 1 aliphatic rings. The molecule has 0 bridgehead atoms. The number of benzene rings is 1. The number of thioether (sulfide) groups is 1. The summed E-state index contributed by atoms with van der Waals surface area (Å²) in [7, 11) is 0. The van der Waals surface area contributed by atoms with Crippen molar-refractivity contribution in [2.24, 2.45) is 4.99 Å². The zero-order valence-electron chi connectivity index (χ0n) is 10.5. The molecule has 98 valence electrons. The molecule has 1 N–H and O–H groups in total. The third-order valence-corrected chi connectivity index (χ3v) is 3.75. The maximum atomic E-state index is 11.9. The van der Waals surface area contributed by atoms with Crippen molar-refractivity contribution in [3.05, 3.63) is 29.5 Å². The number of amides is 1. The van der Waals surface area contributed by atoms with E-state index in [2.05, 4.69) is 15.5 Å². The van der Waals surface area contributed by atoms with Gasteiger partial charge in [0.2, 0.25) is 5.91 Å². The number of aromatic nitrogens is 1. The van der Waals surface area contributed by atoms with E-state index in [0.717, 1.165) is 23.2 Å². The number of carbonyl (C=O) groups is 1. The van der Waals surface area contributed by atoms with Gasteiger partial charge in [0, 0.05) is 11.1 Å². The predicted octanol–water partition coefficient (Wildman–Crippen LogP) is 1.90. The highest BCUT2D eigenvalue weighted by Gasteiger charge is 2.15. The van der Waals surface area contributed by atoms with Crippen LogP contribution in [-0.2, 0) is 11.2 Å². The van der Waals surface area contributed by atoms with Crippen LogP contribution in [0.5, 0.6) is 0 Å². The second-order valence-electron chi connectivity index (χ2n) is 4.39. The number of nitrogens with one attached hydrogen (secondary N) is 1. The third-order valence-electron chi connectivity index (χ3n) is 2.86. The Kier molecular flexibility index (Phi) is 3.25. The van der Waals surface area contributed by atoms with E-state index in [1.54, 1.807) is 11.8 Å². The summed E-state index contributed by atoms with van der Waals surface area (Å²) in [6, 6.07) is 5.81. The summed E-state index contributed by atoms with van der Waals surface area (Å²) in [5.41, 5.74) is 2.49. The quantitative estimate of drug-likeness (QED) is 0.909. The molecule has 6 heteroatoms.